The Hall–Kier alpha value is -1.85. The summed E-state index contributed by atoms with van der Waals surface area (Å²) in [4.78, 5) is 18.0. The first-order valence-electron chi connectivity index (χ1n) is 7.05. The lowest BCUT2D eigenvalue weighted by molar-refractivity contribution is 0.102. The number of aromatic nitrogens is 1. The van der Waals surface area contributed by atoms with E-state index in [-0.39, 0.29) is 5.91 Å². The molecular weight excluding hydrogens is 312 g/mol. The van der Waals surface area contributed by atoms with Crippen molar-refractivity contribution in [1.82, 2.24) is 4.98 Å². The van der Waals surface area contributed by atoms with Crippen LogP contribution in [0.5, 0.6) is 0 Å². The van der Waals surface area contributed by atoms with E-state index in [0.717, 1.165) is 21.5 Å². The molecule has 2 aromatic carbocycles. The lowest BCUT2D eigenvalue weighted by atomic mass is 10.1. The van der Waals surface area contributed by atoms with Crippen LogP contribution in [0.3, 0.4) is 0 Å². The third kappa shape index (κ3) is 2.87. The summed E-state index contributed by atoms with van der Waals surface area (Å²) < 4.78 is 1.10. The highest BCUT2D eigenvalue weighted by Crippen LogP contribution is 2.29. The first-order valence-corrected chi connectivity index (χ1v) is 9.10. The maximum Gasteiger partial charge on any atom is 0.258 e. The van der Waals surface area contributed by atoms with Crippen LogP contribution in [0, 0.1) is 0 Å². The molecule has 0 bridgehead atoms. The zero-order valence-electron chi connectivity index (χ0n) is 12.4. The Balaban J connectivity index is 1.91. The molecule has 0 aliphatic carbocycles. The van der Waals surface area contributed by atoms with E-state index < -0.39 is 0 Å². The van der Waals surface area contributed by atoms with Gasteiger partial charge in [0.05, 0.1) is 15.8 Å². The number of rotatable bonds is 4. The largest absolute Gasteiger partial charge is 0.298 e. The minimum atomic E-state index is -0.109. The molecule has 0 aliphatic rings. The van der Waals surface area contributed by atoms with Gasteiger partial charge in [-0.05, 0) is 36.4 Å². The van der Waals surface area contributed by atoms with E-state index in [1.54, 1.807) is 11.8 Å². The molecule has 22 heavy (non-hydrogen) atoms. The van der Waals surface area contributed by atoms with Crippen LogP contribution < -0.4 is 5.32 Å². The van der Waals surface area contributed by atoms with Crippen molar-refractivity contribution in [2.45, 2.75) is 18.2 Å². The molecule has 3 nitrogen and oxygen atoms in total. The van der Waals surface area contributed by atoms with Crippen molar-refractivity contribution in [3.05, 3.63) is 53.6 Å². The van der Waals surface area contributed by atoms with Gasteiger partial charge >= 0.3 is 0 Å². The van der Waals surface area contributed by atoms with Gasteiger partial charge in [-0.1, -0.05) is 42.5 Å². The quantitative estimate of drug-likeness (QED) is 0.697. The van der Waals surface area contributed by atoms with E-state index in [1.165, 1.54) is 16.9 Å². The first-order chi connectivity index (χ1) is 10.7. The van der Waals surface area contributed by atoms with Gasteiger partial charge in [-0.25, -0.2) is 4.98 Å². The lowest BCUT2D eigenvalue weighted by Crippen LogP contribution is -2.12. The molecule has 0 atom stereocenters. The number of carbonyl (C=O) groups excluding carboxylic acids is 1. The van der Waals surface area contributed by atoms with Crippen LogP contribution in [0.25, 0.3) is 10.2 Å². The average Bonchev–Trinajstić information content (AvgIpc) is 2.96. The van der Waals surface area contributed by atoms with Crippen LogP contribution in [0.15, 0.2) is 47.4 Å². The maximum absolute atomic E-state index is 12.5. The molecule has 3 aromatic rings. The number of benzene rings is 2. The highest BCUT2D eigenvalue weighted by atomic mass is 32.2. The summed E-state index contributed by atoms with van der Waals surface area (Å²) in [6.07, 6.45) is 2.90. The fraction of sp³-hybridized carbons (Fsp3) is 0.176. The minimum absolute atomic E-state index is 0.109. The zero-order valence-corrected chi connectivity index (χ0v) is 14.1. The fourth-order valence-corrected chi connectivity index (χ4v) is 3.85. The molecule has 0 aliphatic heterocycles. The molecule has 0 radical (unpaired) electrons. The Morgan fingerprint density at radius 1 is 1.23 bits per heavy atom. The summed E-state index contributed by atoms with van der Waals surface area (Å²) in [5.41, 5.74) is 2.88. The Morgan fingerprint density at radius 3 is 2.82 bits per heavy atom. The summed E-state index contributed by atoms with van der Waals surface area (Å²) in [6, 6.07) is 13.8. The molecule has 3 rings (SSSR count). The molecule has 0 fully saturated rings. The van der Waals surface area contributed by atoms with Crippen LogP contribution in [-0.4, -0.2) is 17.1 Å². The van der Waals surface area contributed by atoms with Crippen molar-refractivity contribution >= 4 is 44.4 Å². The normalized spacial score (nSPS) is 10.8. The number of thiazole rings is 1. The van der Waals surface area contributed by atoms with Crippen molar-refractivity contribution in [1.29, 1.82) is 0 Å². The number of nitrogens with zero attached hydrogens (tertiary/aromatic N) is 1. The molecule has 0 saturated heterocycles. The molecule has 112 valence electrons. The number of anilines is 1. The van der Waals surface area contributed by atoms with Gasteiger partial charge in [0.25, 0.3) is 5.91 Å². The van der Waals surface area contributed by atoms with E-state index in [9.17, 15) is 4.79 Å². The van der Waals surface area contributed by atoms with E-state index in [2.05, 4.69) is 23.3 Å². The Labute approximate surface area is 137 Å². The zero-order chi connectivity index (χ0) is 15.5. The third-order valence-electron chi connectivity index (χ3n) is 3.46. The summed E-state index contributed by atoms with van der Waals surface area (Å²) in [5.74, 6) is -0.109. The fourth-order valence-electron chi connectivity index (χ4n) is 2.34. The van der Waals surface area contributed by atoms with E-state index in [0.29, 0.717) is 10.7 Å². The van der Waals surface area contributed by atoms with Gasteiger partial charge < -0.3 is 0 Å². The van der Waals surface area contributed by atoms with Crippen molar-refractivity contribution in [2.75, 3.05) is 11.6 Å². The van der Waals surface area contributed by atoms with Gasteiger partial charge in [0.2, 0.25) is 0 Å². The average molecular weight is 328 g/mol. The second-order valence-electron chi connectivity index (χ2n) is 4.79. The summed E-state index contributed by atoms with van der Waals surface area (Å²) in [5, 5.41) is 3.58. The second-order valence-corrected chi connectivity index (χ2v) is 6.67. The molecule has 1 N–H and O–H groups in total. The van der Waals surface area contributed by atoms with E-state index in [4.69, 9.17) is 0 Å². The van der Waals surface area contributed by atoms with Gasteiger partial charge in [-0.3, -0.25) is 10.1 Å². The number of thioether (sulfide) groups is 1. The molecule has 0 saturated carbocycles. The SMILES string of the molecule is CCc1cccc2sc(NC(=O)c3ccccc3SC)nc12. The molecule has 1 heterocycles. The standard InChI is InChI=1S/C17H16N2OS2/c1-3-11-7-6-10-14-15(11)18-17(22-14)19-16(20)12-8-4-5-9-13(12)21-2/h4-10H,3H2,1-2H3,(H,18,19,20). The number of amides is 1. The second kappa shape index (κ2) is 6.50. The van der Waals surface area contributed by atoms with Gasteiger partial charge in [0, 0.05) is 4.90 Å². The number of hydrogen-bond acceptors (Lipinski definition) is 4. The summed E-state index contributed by atoms with van der Waals surface area (Å²) in [7, 11) is 0. The van der Waals surface area contributed by atoms with Crippen molar-refractivity contribution in [2.24, 2.45) is 0 Å². The maximum atomic E-state index is 12.5. The van der Waals surface area contributed by atoms with Crippen LogP contribution in [0.1, 0.15) is 22.8 Å². The van der Waals surface area contributed by atoms with E-state index >= 15 is 0 Å². The number of fused-ring (bicyclic) bond motifs is 1. The van der Waals surface area contributed by atoms with Crippen molar-refractivity contribution in [3.8, 4) is 0 Å². The van der Waals surface area contributed by atoms with Gasteiger partial charge in [0.15, 0.2) is 5.13 Å². The van der Waals surface area contributed by atoms with Crippen molar-refractivity contribution in [3.63, 3.8) is 0 Å². The van der Waals surface area contributed by atoms with Gasteiger partial charge in [-0.15, -0.1) is 11.8 Å². The molecule has 0 unspecified atom stereocenters. The molecule has 1 amide bonds. The van der Waals surface area contributed by atoms with Crippen LogP contribution in [0.2, 0.25) is 0 Å². The third-order valence-corrected chi connectivity index (χ3v) is 5.19. The minimum Gasteiger partial charge on any atom is -0.298 e. The first kappa shape index (κ1) is 15.1. The van der Waals surface area contributed by atoms with Crippen LogP contribution in [-0.2, 0) is 6.42 Å². The number of para-hydroxylation sites is 1. The summed E-state index contributed by atoms with van der Waals surface area (Å²) >= 11 is 3.08. The van der Waals surface area contributed by atoms with Crippen molar-refractivity contribution < 1.29 is 4.79 Å². The monoisotopic (exact) mass is 328 g/mol. The molecule has 1 aromatic heterocycles. The predicted octanol–water partition coefficient (Wildman–Crippen LogP) is 4.83. The number of hydrogen-bond donors (Lipinski definition) is 1. The highest BCUT2D eigenvalue weighted by molar-refractivity contribution is 7.98. The van der Waals surface area contributed by atoms with Gasteiger partial charge in [0.1, 0.15) is 0 Å². The van der Waals surface area contributed by atoms with Gasteiger partial charge in [-0.2, -0.15) is 0 Å². The summed E-state index contributed by atoms with van der Waals surface area (Å²) in [6.45, 7) is 2.11. The number of aryl methyl sites for hydroxylation is 1. The topological polar surface area (TPSA) is 42.0 Å². The lowest BCUT2D eigenvalue weighted by Gasteiger charge is -2.05. The molecular formula is C17H16N2OS2. The predicted molar refractivity (Wildman–Crippen MR) is 95.2 cm³/mol. The Morgan fingerprint density at radius 2 is 2.05 bits per heavy atom. The number of carbonyl (C=O) groups is 1. The smallest absolute Gasteiger partial charge is 0.258 e. The molecule has 5 heteroatoms. The van der Waals surface area contributed by atoms with Crippen LogP contribution >= 0.6 is 23.1 Å². The number of nitrogens with one attached hydrogen (secondary N) is 1. The Bertz CT molecular complexity index is 826. The van der Waals surface area contributed by atoms with E-state index in [1.807, 2.05) is 42.7 Å². The highest BCUT2D eigenvalue weighted by Gasteiger charge is 2.13. The molecule has 0 spiro atoms. The van der Waals surface area contributed by atoms with Crippen LogP contribution in [0.4, 0.5) is 5.13 Å². The Kier molecular flexibility index (Phi) is 4.45.